The van der Waals surface area contributed by atoms with E-state index < -0.39 is 0 Å². The van der Waals surface area contributed by atoms with Gasteiger partial charge in [-0.1, -0.05) is 32.0 Å². The van der Waals surface area contributed by atoms with Gasteiger partial charge in [0.2, 0.25) is 0 Å². The van der Waals surface area contributed by atoms with Crippen molar-refractivity contribution in [2.75, 3.05) is 6.61 Å². The fraction of sp³-hybridized carbons (Fsp3) is 0.500. The molecule has 4 nitrogen and oxygen atoms in total. The lowest BCUT2D eigenvalue weighted by Gasteiger charge is -2.17. The van der Waals surface area contributed by atoms with Crippen LogP contribution in [0.3, 0.4) is 0 Å². The molecule has 1 N–H and O–H groups in total. The summed E-state index contributed by atoms with van der Waals surface area (Å²) in [5, 5.41) is 3.52. The summed E-state index contributed by atoms with van der Waals surface area (Å²) < 4.78 is 11.7. The monoisotopic (exact) mass is 427 g/mol. The molecule has 124 valence electrons. The number of hydrogen-bond acceptors (Lipinski definition) is 4. The number of benzene rings is 1. The highest BCUT2D eigenvalue weighted by Crippen LogP contribution is 2.42. The quantitative estimate of drug-likeness (QED) is 0.453. The van der Waals surface area contributed by atoms with Crippen LogP contribution in [0.2, 0.25) is 0 Å². The minimum absolute atomic E-state index is 0.137. The Morgan fingerprint density at radius 3 is 3.00 bits per heavy atom. The number of fused-ring (bicyclic) bond motifs is 3. The second-order valence-electron chi connectivity index (χ2n) is 6.25. The maximum atomic E-state index is 11.7. The zero-order chi connectivity index (χ0) is 16.6. The van der Waals surface area contributed by atoms with E-state index >= 15 is 0 Å². The van der Waals surface area contributed by atoms with Crippen LogP contribution in [0.25, 0.3) is 0 Å². The van der Waals surface area contributed by atoms with Gasteiger partial charge in [0.15, 0.2) is 0 Å². The van der Waals surface area contributed by atoms with E-state index in [-0.39, 0.29) is 24.3 Å². The number of nitrogens with one attached hydrogen (secondary N) is 1. The van der Waals surface area contributed by atoms with Crippen LogP contribution < -0.4 is 5.32 Å². The highest BCUT2D eigenvalue weighted by Gasteiger charge is 2.42. The second kappa shape index (κ2) is 6.91. The molecule has 3 rings (SSSR count). The molecular weight excluding hydrogens is 405 g/mol. The third kappa shape index (κ3) is 3.32. The maximum Gasteiger partial charge on any atom is 0.344 e. The summed E-state index contributed by atoms with van der Waals surface area (Å²) in [7, 11) is 0. The molecule has 2 aliphatic rings. The smallest absolute Gasteiger partial charge is 0.344 e. The van der Waals surface area contributed by atoms with E-state index in [0.29, 0.717) is 16.1 Å². The highest BCUT2D eigenvalue weighted by molar-refractivity contribution is 14.1. The average molecular weight is 427 g/mol. The first kappa shape index (κ1) is 16.9. The number of rotatable bonds is 4. The zero-order valence-electron chi connectivity index (χ0n) is 13.6. The summed E-state index contributed by atoms with van der Waals surface area (Å²) in [4.78, 5) is 11.7. The molecular formula is C18H22INO3. The van der Waals surface area contributed by atoms with Gasteiger partial charge in [0.05, 0.1) is 22.3 Å². The molecule has 3 atom stereocenters. The number of carbonyl (C=O) groups excluding carboxylic acids is 1. The Balaban J connectivity index is 1.79. The first-order valence-electron chi connectivity index (χ1n) is 8.08. The van der Waals surface area contributed by atoms with Crippen LogP contribution in [-0.2, 0) is 20.7 Å². The lowest BCUT2D eigenvalue weighted by atomic mass is 9.93. The Hall–Kier alpha value is -0.920. The van der Waals surface area contributed by atoms with Gasteiger partial charge in [0.1, 0.15) is 6.23 Å². The average Bonchev–Trinajstić information content (AvgIpc) is 3.03. The van der Waals surface area contributed by atoms with Crippen molar-refractivity contribution in [3.8, 4) is 0 Å². The standard InChI is InChI=1S/C18H22INO3/c1-4-22-18(21)13(19)9-15-20-17-14(23-15)8-11-6-5-7-12(10(2)3)16(11)17/h5-7,9-10,14-15,17,20H,4,8H2,1-3H3/b13-9-/t14-,15?,17-/m0/s1. The van der Waals surface area contributed by atoms with E-state index in [4.69, 9.17) is 9.47 Å². The predicted octanol–water partition coefficient (Wildman–Crippen LogP) is 3.60. The fourth-order valence-corrected chi connectivity index (χ4v) is 3.91. The van der Waals surface area contributed by atoms with Crippen molar-refractivity contribution in [2.45, 2.75) is 51.5 Å². The zero-order valence-corrected chi connectivity index (χ0v) is 15.8. The predicted molar refractivity (Wildman–Crippen MR) is 97.5 cm³/mol. The summed E-state index contributed by atoms with van der Waals surface area (Å²) in [6.07, 6.45) is 2.63. The Morgan fingerprint density at radius 1 is 1.52 bits per heavy atom. The molecule has 1 aliphatic carbocycles. The molecule has 1 aromatic rings. The normalized spacial score (nSPS) is 26.3. The molecule has 1 heterocycles. The van der Waals surface area contributed by atoms with Crippen molar-refractivity contribution >= 4 is 28.6 Å². The Labute approximate surface area is 150 Å². The Kier molecular flexibility index (Phi) is 5.08. The van der Waals surface area contributed by atoms with E-state index in [0.717, 1.165) is 6.42 Å². The van der Waals surface area contributed by atoms with Crippen LogP contribution in [0.1, 0.15) is 49.4 Å². The molecule has 1 aliphatic heterocycles. The molecule has 0 saturated carbocycles. The van der Waals surface area contributed by atoms with E-state index in [2.05, 4.69) is 37.4 Å². The van der Waals surface area contributed by atoms with Crippen molar-refractivity contribution in [2.24, 2.45) is 0 Å². The SMILES string of the molecule is CCOC(=O)/C(I)=C/C1N[C@@H]2c3c(cccc3C(C)C)C[C@@H]2O1. The van der Waals surface area contributed by atoms with Gasteiger partial charge in [-0.2, -0.15) is 0 Å². The molecule has 1 fully saturated rings. The lowest BCUT2D eigenvalue weighted by molar-refractivity contribution is -0.137. The van der Waals surface area contributed by atoms with Gasteiger partial charge < -0.3 is 9.47 Å². The van der Waals surface area contributed by atoms with Crippen molar-refractivity contribution in [1.82, 2.24) is 5.32 Å². The molecule has 1 saturated heterocycles. The van der Waals surface area contributed by atoms with Gasteiger partial charge in [0, 0.05) is 6.42 Å². The number of carbonyl (C=O) groups is 1. The molecule has 0 amide bonds. The van der Waals surface area contributed by atoms with Crippen LogP contribution in [-0.4, -0.2) is 24.9 Å². The van der Waals surface area contributed by atoms with Gasteiger partial charge in [-0.25, -0.2) is 4.79 Å². The van der Waals surface area contributed by atoms with Crippen molar-refractivity contribution in [3.63, 3.8) is 0 Å². The first-order chi connectivity index (χ1) is 11.0. The van der Waals surface area contributed by atoms with Crippen molar-refractivity contribution < 1.29 is 14.3 Å². The van der Waals surface area contributed by atoms with E-state index in [1.54, 1.807) is 6.92 Å². The van der Waals surface area contributed by atoms with Crippen LogP contribution in [0.4, 0.5) is 0 Å². The molecule has 0 radical (unpaired) electrons. The maximum absolute atomic E-state index is 11.7. The van der Waals surface area contributed by atoms with Crippen LogP contribution in [0, 0.1) is 0 Å². The number of halogens is 1. The van der Waals surface area contributed by atoms with Crippen LogP contribution >= 0.6 is 22.6 Å². The van der Waals surface area contributed by atoms with Gasteiger partial charge in [-0.15, -0.1) is 0 Å². The van der Waals surface area contributed by atoms with Gasteiger partial charge in [0.25, 0.3) is 0 Å². The molecule has 0 bridgehead atoms. The Morgan fingerprint density at radius 2 is 2.30 bits per heavy atom. The number of ether oxygens (including phenoxy) is 2. The second-order valence-corrected chi connectivity index (χ2v) is 7.42. The summed E-state index contributed by atoms with van der Waals surface area (Å²) in [5.41, 5.74) is 4.14. The Bertz CT molecular complexity index is 641. The molecule has 5 heteroatoms. The van der Waals surface area contributed by atoms with Crippen LogP contribution in [0.5, 0.6) is 0 Å². The number of esters is 1. The summed E-state index contributed by atoms with van der Waals surface area (Å²) in [5.74, 6) is 0.193. The largest absolute Gasteiger partial charge is 0.462 e. The van der Waals surface area contributed by atoms with Gasteiger partial charge >= 0.3 is 5.97 Å². The van der Waals surface area contributed by atoms with Crippen LogP contribution in [0.15, 0.2) is 27.9 Å². The van der Waals surface area contributed by atoms with Crippen molar-refractivity contribution in [3.05, 3.63) is 44.5 Å². The van der Waals surface area contributed by atoms with Crippen molar-refractivity contribution in [1.29, 1.82) is 0 Å². The molecule has 0 spiro atoms. The highest BCUT2D eigenvalue weighted by atomic mass is 127. The number of hydrogen-bond donors (Lipinski definition) is 1. The molecule has 0 aromatic heterocycles. The van der Waals surface area contributed by atoms with E-state index in [1.165, 1.54) is 16.7 Å². The summed E-state index contributed by atoms with van der Waals surface area (Å²) >= 11 is 2.01. The van der Waals surface area contributed by atoms with E-state index in [1.807, 2.05) is 28.7 Å². The molecule has 1 unspecified atom stereocenters. The van der Waals surface area contributed by atoms with Gasteiger partial charge in [-0.3, -0.25) is 5.32 Å². The topological polar surface area (TPSA) is 47.6 Å². The molecule has 23 heavy (non-hydrogen) atoms. The minimum atomic E-state index is -0.293. The summed E-state index contributed by atoms with van der Waals surface area (Å²) in [6, 6.07) is 6.74. The third-order valence-electron chi connectivity index (χ3n) is 4.39. The van der Waals surface area contributed by atoms with E-state index in [9.17, 15) is 4.79 Å². The first-order valence-corrected chi connectivity index (χ1v) is 9.16. The minimum Gasteiger partial charge on any atom is -0.462 e. The fourth-order valence-electron chi connectivity index (χ4n) is 3.42. The lowest BCUT2D eigenvalue weighted by Crippen LogP contribution is -2.25. The summed E-state index contributed by atoms with van der Waals surface area (Å²) in [6.45, 7) is 6.63. The third-order valence-corrected chi connectivity index (χ3v) is 5.19. The molecule has 1 aromatic carbocycles. The van der Waals surface area contributed by atoms with Gasteiger partial charge in [-0.05, 0) is 58.2 Å².